The number of ether oxygens (including phenoxy) is 2. The fourth-order valence-electron chi connectivity index (χ4n) is 3.68. The summed E-state index contributed by atoms with van der Waals surface area (Å²) in [5, 5.41) is 7.92. The number of carbonyl (C=O) groups excluding carboxylic acids is 1. The summed E-state index contributed by atoms with van der Waals surface area (Å²) in [5.41, 5.74) is 14.2. The Labute approximate surface area is 192 Å². The number of H-pyrrole nitrogens is 1. The number of nitrogens with one attached hydrogen (secondary N) is 1. The third-order valence-corrected chi connectivity index (χ3v) is 6.33. The van der Waals surface area contributed by atoms with Crippen LogP contribution in [0.1, 0.15) is 25.7 Å². The van der Waals surface area contributed by atoms with Crippen LogP contribution in [0.4, 0.5) is 5.82 Å². The largest absolute Gasteiger partial charge is 0.454 e. The number of nitrogen functional groups attached to an aromatic ring is 1. The Balaban J connectivity index is 1.50. The number of nitrogens with zero attached hydrogens (tertiary/aromatic N) is 5. The molecule has 12 heteroatoms. The molecule has 0 aliphatic carbocycles. The Hall–Kier alpha value is -3.80. The molecule has 0 radical (unpaired) electrons. The van der Waals surface area contributed by atoms with E-state index in [4.69, 9.17) is 25.9 Å². The Bertz CT molecular complexity index is 1300. The van der Waals surface area contributed by atoms with Crippen LogP contribution in [0.25, 0.3) is 22.4 Å². The second-order valence-corrected chi connectivity index (χ2v) is 8.53. The van der Waals surface area contributed by atoms with Crippen molar-refractivity contribution in [3.63, 3.8) is 0 Å². The lowest BCUT2D eigenvalue weighted by atomic mass is 10.1. The zero-order valence-electron chi connectivity index (χ0n) is 17.7. The number of primary amides is 1. The molecule has 0 unspecified atom stereocenters. The summed E-state index contributed by atoms with van der Waals surface area (Å²) < 4.78 is 13.2. The minimum Gasteiger partial charge on any atom is -0.454 e. The molecule has 11 nitrogen and oxygen atoms in total. The SMILES string of the molecule is NC(=O)CCCCCn1c(Sc2cc3c(cc2-c2cc[nH]n2)OCO3)nc2c(N)ncnc21. The van der Waals surface area contributed by atoms with E-state index in [1.807, 2.05) is 22.8 Å². The maximum Gasteiger partial charge on any atom is 0.231 e. The topological polar surface area (TPSA) is 160 Å². The van der Waals surface area contributed by atoms with Gasteiger partial charge >= 0.3 is 0 Å². The van der Waals surface area contributed by atoms with Crippen LogP contribution in [0, 0.1) is 0 Å². The normalized spacial score (nSPS) is 12.5. The monoisotopic (exact) mass is 466 g/mol. The number of amides is 1. The van der Waals surface area contributed by atoms with E-state index in [1.54, 1.807) is 6.20 Å². The number of aromatic amines is 1. The molecule has 1 aromatic carbocycles. The lowest BCUT2D eigenvalue weighted by Crippen LogP contribution is -2.09. The number of benzene rings is 1. The minimum atomic E-state index is -0.284. The fourth-order valence-corrected chi connectivity index (χ4v) is 4.74. The van der Waals surface area contributed by atoms with E-state index in [2.05, 4.69) is 20.2 Å². The Morgan fingerprint density at radius 1 is 1.18 bits per heavy atom. The van der Waals surface area contributed by atoms with Gasteiger partial charge in [-0.3, -0.25) is 9.89 Å². The Kier molecular flexibility index (Phi) is 5.73. The van der Waals surface area contributed by atoms with Gasteiger partial charge in [-0.25, -0.2) is 15.0 Å². The van der Waals surface area contributed by atoms with Crippen molar-refractivity contribution < 1.29 is 14.3 Å². The first kappa shape index (κ1) is 21.1. The third kappa shape index (κ3) is 4.29. The van der Waals surface area contributed by atoms with Gasteiger partial charge in [-0.2, -0.15) is 5.10 Å². The number of aromatic nitrogens is 6. The second kappa shape index (κ2) is 8.98. The molecule has 33 heavy (non-hydrogen) atoms. The molecule has 0 atom stereocenters. The van der Waals surface area contributed by atoms with Crippen LogP contribution < -0.4 is 20.9 Å². The number of nitrogens with two attached hydrogens (primary N) is 2. The van der Waals surface area contributed by atoms with Gasteiger partial charge in [0.2, 0.25) is 12.7 Å². The van der Waals surface area contributed by atoms with Gasteiger partial charge in [-0.1, -0.05) is 18.2 Å². The summed E-state index contributed by atoms with van der Waals surface area (Å²) in [5.74, 6) is 1.39. The summed E-state index contributed by atoms with van der Waals surface area (Å²) in [6, 6.07) is 5.75. The quantitative estimate of drug-likeness (QED) is 0.315. The zero-order chi connectivity index (χ0) is 22.8. The average Bonchev–Trinajstić information content (AvgIpc) is 3.54. The van der Waals surface area contributed by atoms with Crippen LogP contribution in [-0.4, -0.2) is 42.4 Å². The summed E-state index contributed by atoms with van der Waals surface area (Å²) in [6.45, 7) is 0.843. The molecule has 0 fully saturated rings. The smallest absolute Gasteiger partial charge is 0.231 e. The highest BCUT2D eigenvalue weighted by Gasteiger charge is 2.22. The molecule has 1 amide bonds. The first-order chi connectivity index (χ1) is 16.1. The van der Waals surface area contributed by atoms with Gasteiger partial charge in [-0.05, 0) is 31.0 Å². The number of anilines is 1. The lowest BCUT2D eigenvalue weighted by Gasteiger charge is -2.11. The summed E-state index contributed by atoms with van der Waals surface area (Å²) >= 11 is 1.47. The third-order valence-electron chi connectivity index (χ3n) is 5.28. The van der Waals surface area contributed by atoms with Crippen molar-refractivity contribution in [1.29, 1.82) is 0 Å². The van der Waals surface area contributed by atoms with E-state index in [0.29, 0.717) is 41.4 Å². The molecular formula is C21H22N8O3S. The number of carbonyl (C=O) groups is 1. The summed E-state index contributed by atoms with van der Waals surface area (Å²) in [4.78, 5) is 25.2. The zero-order valence-corrected chi connectivity index (χ0v) is 18.5. The van der Waals surface area contributed by atoms with Gasteiger partial charge < -0.3 is 25.5 Å². The molecule has 4 heterocycles. The molecule has 1 aliphatic heterocycles. The number of hydrogen-bond donors (Lipinski definition) is 3. The Morgan fingerprint density at radius 3 is 2.82 bits per heavy atom. The number of rotatable bonds is 9. The number of unbranched alkanes of at least 4 members (excludes halogenated alkanes) is 2. The van der Waals surface area contributed by atoms with Gasteiger partial charge in [0.1, 0.15) is 6.33 Å². The van der Waals surface area contributed by atoms with Crippen molar-refractivity contribution >= 4 is 34.7 Å². The van der Waals surface area contributed by atoms with Gasteiger partial charge in [0.15, 0.2) is 33.6 Å². The fraction of sp³-hybridized carbons (Fsp3) is 0.286. The predicted molar refractivity (Wildman–Crippen MR) is 122 cm³/mol. The highest BCUT2D eigenvalue weighted by Crippen LogP contribution is 2.44. The van der Waals surface area contributed by atoms with Crippen LogP contribution in [0.3, 0.4) is 0 Å². The number of fused-ring (bicyclic) bond motifs is 2. The van der Waals surface area contributed by atoms with Crippen molar-refractivity contribution in [2.75, 3.05) is 12.5 Å². The molecule has 4 aromatic rings. The van der Waals surface area contributed by atoms with Crippen molar-refractivity contribution in [1.82, 2.24) is 29.7 Å². The van der Waals surface area contributed by atoms with E-state index in [9.17, 15) is 4.79 Å². The molecule has 170 valence electrons. The van der Waals surface area contributed by atoms with Gasteiger partial charge in [-0.15, -0.1) is 0 Å². The number of aryl methyl sites for hydroxylation is 1. The number of hydrogen-bond acceptors (Lipinski definition) is 9. The molecule has 0 bridgehead atoms. The lowest BCUT2D eigenvalue weighted by molar-refractivity contribution is -0.118. The van der Waals surface area contributed by atoms with Gasteiger partial charge in [0.05, 0.1) is 5.69 Å². The van der Waals surface area contributed by atoms with Crippen LogP contribution in [0.15, 0.2) is 40.8 Å². The maximum absolute atomic E-state index is 11.0. The van der Waals surface area contributed by atoms with E-state index in [0.717, 1.165) is 40.6 Å². The molecular weight excluding hydrogens is 444 g/mol. The highest BCUT2D eigenvalue weighted by atomic mass is 32.2. The predicted octanol–water partition coefficient (Wildman–Crippen LogP) is 2.72. The Morgan fingerprint density at radius 2 is 2.03 bits per heavy atom. The second-order valence-electron chi connectivity index (χ2n) is 7.52. The number of imidazole rings is 1. The van der Waals surface area contributed by atoms with Crippen LogP contribution in [-0.2, 0) is 11.3 Å². The average molecular weight is 467 g/mol. The van der Waals surface area contributed by atoms with Crippen molar-refractivity contribution in [2.45, 2.75) is 42.3 Å². The van der Waals surface area contributed by atoms with E-state index < -0.39 is 0 Å². The van der Waals surface area contributed by atoms with Crippen LogP contribution in [0.5, 0.6) is 11.5 Å². The molecule has 0 saturated carbocycles. The van der Waals surface area contributed by atoms with Gasteiger partial charge in [0.25, 0.3) is 0 Å². The van der Waals surface area contributed by atoms with Crippen molar-refractivity contribution in [3.8, 4) is 22.8 Å². The highest BCUT2D eigenvalue weighted by molar-refractivity contribution is 7.99. The van der Waals surface area contributed by atoms with Crippen LogP contribution >= 0.6 is 11.8 Å². The molecule has 3 aromatic heterocycles. The first-order valence-electron chi connectivity index (χ1n) is 10.5. The summed E-state index contributed by atoms with van der Waals surface area (Å²) in [7, 11) is 0. The van der Waals surface area contributed by atoms with E-state index >= 15 is 0 Å². The molecule has 5 N–H and O–H groups in total. The summed E-state index contributed by atoms with van der Waals surface area (Å²) in [6.07, 6.45) is 6.02. The minimum absolute atomic E-state index is 0.180. The van der Waals surface area contributed by atoms with E-state index in [-0.39, 0.29) is 12.7 Å². The maximum atomic E-state index is 11.0. The molecule has 5 rings (SSSR count). The molecule has 1 aliphatic rings. The van der Waals surface area contributed by atoms with Crippen molar-refractivity contribution in [2.24, 2.45) is 5.73 Å². The van der Waals surface area contributed by atoms with E-state index in [1.165, 1.54) is 18.1 Å². The first-order valence-corrected chi connectivity index (χ1v) is 11.3. The van der Waals surface area contributed by atoms with Crippen molar-refractivity contribution in [3.05, 3.63) is 30.7 Å². The standard InChI is InChI=1S/C21H22N8O3S/c22-17(30)4-2-1-3-7-29-20-18(19(23)24-10-25-20)27-21(29)33-16-9-15-14(31-11-32-15)8-12(16)13-5-6-26-28-13/h5-6,8-10H,1-4,7,11H2,(H2,22,30)(H,26,28)(H2,23,24,25). The molecule has 0 saturated heterocycles. The van der Waals surface area contributed by atoms with Gasteiger partial charge in [0, 0.05) is 29.6 Å². The van der Waals surface area contributed by atoms with Crippen LogP contribution in [0.2, 0.25) is 0 Å². The molecule has 0 spiro atoms.